The highest BCUT2D eigenvalue weighted by Crippen LogP contribution is 2.38. The van der Waals surface area contributed by atoms with E-state index in [1.54, 1.807) is 10.7 Å². The summed E-state index contributed by atoms with van der Waals surface area (Å²) in [5.41, 5.74) is 4.31. The Morgan fingerprint density at radius 3 is 2.65 bits per heavy atom. The van der Waals surface area contributed by atoms with Gasteiger partial charge in [0.2, 0.25) is 0 Å². The minimum absolute atomic E-state index is 0.162. The highest BCUT2D eigenvalue weighted by atomic mass is 35.5. The first-order chi connectivity index (χ1) is 14.8. The van der Waals surface area contributed by atoms with Gasteiger partial charge in [-0.3, -0.25) is 4.68 Å². The van der Waals surface area contributed by atoms with Gasteiger partial charge in [0.25, 0.3) is 0 Å². The molecular weight excluding hydrogens is 412 g/mol. The number of aryl methyl sites for hydroxylation is 2. The van der Waals surface area contributed by atoms with Crippen LogP contribution in [0.3, 0.4) is 0 Å². The average Bonchev–Trinajstić information content (AvgIpc) is 3.10. The Labute approximate surface area is 185 Å². The summed E-state index contributed by atoms with van der Waals surface area (Å²) >= 11 is 6.69. The van der Waals surface area contributed by atoms with Crippen LogP contribution in [0.5, 0.6) is 5.75 Å². The van der Waals surface area contributed by atoms with Crippen LogP contribution in [0, 0.1) is 6.92 Å². The summed E-state index contributed by atoms with van der Waals surface area (Å²) in [5.74, 6) is 0.162. The van der Waals surface area contributed by atoms with Crippen LogP contribution in [0.25, 0.3) is 33.2 Å². The zero-order chi connectivity index (χ0) is 21.9. The number of benzene rings is 1. The molecule has 2 atom stereocenters. The van der Waals surface area contributed by atoms with Gasteiger partial charge in [-0.05, 0) is 39.0 Å². The van der Waals surface area contributed by atoms with Gasteiger partial charge in [-0.2, -0.15) is 5.10 Å². The van der Waals surface area contributed by atoms with Crippen molar-refractivity contribution < 1.29 is 5.11 Å². The number of nitrogens with zero attached hydrogens (tertiary/aromatic N) is 5. The first-order valence-electron chi connectivity index (χ1n) is 10.4. The molecule has 1 saturated heterocycles. The van der Waals surface area contributed by atoms with Gasteiger partial charge in [0.1, 0.15) is 5.75 Å². The van der Waals surface area contributed by atoms with E-state index in [1.807, 2.05) is 32.4 Å². The third-order valence-corrected chi connectivity index (χ3v) is 6.23. The number of fused-ring (bicyclic) bond motifs is 2. The average molecular weight is 437 g/mol. The van der Waals surface area contributed by atoms with Gasteiger partial charge in [0.05, 0.1) is 28.1 Å². The first kappa shape index (κ1) is 20.0. The molecule has 0 radical (unpaired) electrons. The number of anilines is 1. The summed E-state index contributed by atoms with van der Waals surface area (Å²) in [4.78, 5) is 11.7. The van der Waals surface area contributed by atoms with Crippen molar-refractivity contribution in [3.05, 3.63) is 41.2 Å². The number of phenolic OH excluding ortho intramolecular Hbond substituents is 1. The third kappa shape index (κ3) is 3.47. The molecule has 0 bridgehead atoms. The Morgan fingerprint density at radius 1 is 1.16 bits per heavy atom. The van der Waals surface area contributed by atoms with E-state index in [9.17, 15) is 5.11 Å². The largest absolute Gasteiger partial charge is 0.507 e. The van der Waals surface area contributed by atoms with E-state index in [-0.39, 0.29) is 5.75 Å². The van der Waals surface area contributed by atoms with Crippen molar-refractivity contribution in [1.29, 1.82) is 0 Å². The molecule has 8 heteroatoms. The summed E-state index contributed by atoms with van der Waals surface area (Å²) in [5, 5.41) is 21.1. The van der Waals surface area contributed by atoms with Gasteiger partial charge in [0, 0.05) is 60.3 Å². The van der Waals surface area contributed by atoms with Gasteiger partial charge in [-0.1, -0.05) is 11.6 Å². The van der Waals surface area contributed by atoms with Gasteiger partial charge >= 0.3 is 0 Å². The Balaban J connectivity index is 1.59. The normalized spacial score (nSPS) is 19.5. The Kier molecular flexibility index (Phi) is 4.75. The van der Waals surface area contributed by atoms with Gasteiger partial charge in [0.15, 0.2) is 5.65 Å². The molecule has 0 aliphatic carbocycles. The van der Waals surface area contributed by atoms with Crippen LogP contribution in [-0.4, -0.2) is 50.0 Å². The number of hydrogen-bond acceptors (Lipinski definition) is 6. The zero-order valence-corrected chi connectivity index (χ0v) is 18.8. The predicted molar refractivity (Wildman–Crippen MR) is 125 cm³/mol. The highest BCUT2D eigenvalue weighted by molar-refractivity contribution is 6.35. The molecule has 0 amide bonds. The lowest BCUT2D eigenvalue weighted by molar-refractivity contribution is 0.407. The standard InChI is InChI=1S/C23H25ClN6O/c1-12-9-30(10-13(2)26-12)16-6-17-19(24)7-20(27-23(17)25-8-16)18-5-15-11-29(4)28-21(15)14(3)22(18)31/h5-8,11-13,26,31H,9-10H2,1-4H3. The summed E-state index contributed by atoms with van der Waals surface area (Å²) in [6, 6.07) is 6.57. The molecule has 1 aliphatic rings. The van der Waals surface area contributed by atoms with E-state index in [2.05, 4.69) is 40.2 Å². The molecule has 4 aromatic rings. The summed E-state index contributed by atoms with van der Waals surface area (Å²) < 4.78 is 1.74. The number of aromatic nitrogens is 4. The van der Waals surface area contributed by atoms with Crippen LogP contribution in [0.1, 0.15) is 19.4 Å². The summed E-state index contributed by atoms with van der Waals surface area (Å²) in [7, 11) is 1.86. The molecular formula is C23H25ClN6O. The minimum Gasteiger partial charge on any atom is -0.507 e. The SMILES string of the molecule is Cc1c(O)c(-c2cc(Cl)c3cc(N4CC(C)NC(C)C4)cnc3n2)cc2cn(C)nc12. The maximum atomic E-state index is 10.8. The summed E-state index contributed by atoms with van der Waals surface area (Å²) in [6.07, 6.45) is 3.78. The topological polar surface area (TPSA) is 79.1 Å². The first-order valence-corrected chi connectivity index (χ1v) is 10.8. The molecule has 5 rings (SSSR count). The Bertz CT molecular complexity index is 1310. The van der Waals surface area contributed by atoms with E-state index in [4.69, 9.17) is 16.6 Å². The van der Waals surface area contributed by atoms with Crippen molar-refractivity contribution in [2.45, 2.75) is 32.9 Å². The molecule has 1 fully saturated rings. The number of nitrogens with one attached hydrogen (secondary N) is 1. The molecule has 1 aliphatic heterocycles. The third-order valence-electron chi connectivity index (χ3n) is 5.92. The van der Waals surface area contributed by atoms with E-state index < -0.39 is 0 Å². The predicted octanol–water partition coefficient (Wildman–Crippen LogP) is 4.04. The van der Waals surface area contributed by atoms with E-state index in [1.165, 1.54) is 0 Å². The number of pyridine rings is 2. The second kappa shape index (κ2) is 7.35. The maximum absolute atomic E-state index is 10.8. The quantitative estimate of drug-likeness (QED) is 0.493. The van der Waals surface area contributed by atoms with Crippen molar-refractivity contribution in [2.75, 3.05) is 18.0 Å². The number of rotatable bonds is 2. The number of hydrogen-bond donors (Lipinski definition) is 2. The molecule has 4 heterocycles. The van der Waals surface area contributed by atoms with Crippen molar-refractivity contribution >= 4 is 39.2 Å². The van der Waals surface area contributed by atoms with Crippen LogP contribution < -0.4 is 10.2 Å². The zero-order valence-electron chi connectivity index (χ0n) is 18.0. The second-order valence-corrected chi connectivity index (χ2v) is 8.97. The lowest BCUT2D eigenvalue weighted by Gasteiger charge is -2.37. The number of piperazine rings is 1. The van der Waals surface area contributed by atoms with E-state index in [0.29, 0.717) is 34.0 Å². The Morgan fingerprint density at radius 2 is 1.90 bits per heavy atom. The maximum Gasteiger partial charge on any atom is 0.161 e. The number of halogens is 1. The second-order valence-electron chi connectivity index (χ2n) is 8.57. The monoisotopic (exact) mass is 436 g/mol. The summed E-state index contributed by atoms with van der Waals surface area (Å²) in [6.45, 7) is 8.06. The molecule has 0 saturated carbocycles. The van der Waals surface area contributed by atoms with Crippen LogP contribution in [-0.2, 0) is 7.05 Å². The molecule has 3 aromatic heterocycles. The smallest absolute Gasteiger partial charge is 0.161 e. The minimum atomic E-state index is 0.162. The number of phenols is 1. The van der Waals surface area contributed by atoms with Crippen molar-refractivity contribution in [2.24, 2.45) is 7.05 Å². The molecule has 160 valence electrons. The number of aromatic hydroxyl groups is 1. The van der Waals surface area contributed by atoms with Crippen molar-refractivity contribution in [3.8, 4) is 17.0 Å². The van der Waals surface area contributed by atoms with E-state index in [0.717, 1.165) is 40.6 Å². The molecule has 1 aromatic carbocycles. The van der Waals surface area contributed by atoms with Crippen LogP contribution in [0.15, 0.2) is 30.6 Å². The molecule has 7 nitrogen and oxygen atoms in total. The Hall–Kier alpha value is -2.90. The van der Waals surface area contributed by atoms with Crippen molar-refractivity contribution in [3.63, 3.8) is 0 Å². The highest BCUT2D eigenvalue weighted by Gasteiger charge is 2.22. The van der Waals surface area contributed by atoms with Gasteiger partial charge in [-0.25, -0.2) is 9.97 Å². The lowest BCUT2D eigenvalue weighted by atomic mass is 10.0. The van der Waals surface area contributed by atoms with Crippen molar-refractivity contribution in [1.82, 2.24) is 25.1 Å². The van der Waals surface area contributed by atoms with Gasteiger partial charge < -0.3 is 15.3 Å². The molecule has 0 spiro atoms. The van der Waals surface area contributed by atoms with Gasteiger partial charge in [-0.15, -0.1) is 0 Å². The molecule has 2 N–H and O–H groups in total. The fourth-order valence-corrected chi connectivity index (χ4v) is 4.78. The molecule has 2 unspecified atom stereocenters. The van der Waals surface area contributed by atoms with Crippen LogP contribution >= 0.6 is 11.6 Å². The van der Waals surface area contributed by atoms with Crippen LogP contribution in [0.4, 0.5) is 5.69 Å². The fraction of sp³-hybridized carbons (Fsp3) is 0.348. The fourth-order valence-electron chi connectivity index (χ4n) is 4.54. The lowest BCUT2D eigenvalue weighted by Crippen LogP contribution is -2.54. The van der Waals surface area contributed by atoms with E-state index >= 15 is 0 Å². The molecule has 31 heavy (non-hydrogen) atoms. The van der Waals surface area contributed by atoms with Crippen LogP contribution in [0.2, 0.25) is 5.02 Å².